The van der Waals surface area contributed by atoms with E-state index in [0.29, 0.717) is 0 Å². The van der Waals surface area contributed by atoms with Gasteiger partial charge in [0.2, 0.25) is 0 Å². The number of hydrogen-bond acceptors (Lipinski definition) is 2. The smallest absolute Gasteiger partial charge is 0.135 e. The Bertz CT molecular complexity index is 1820. The molecule has 0 amide bonds. The molecule has 2 heterocycles. The summed E-state index contributed by atoms with van der Waals surface area (Å²) in [5, 5.41) is 2.39. The predicted molar refractivity (Wildman–Crippen MR) is 155 cm³/mol. The molecular weight excluding hydrogens is 464 g/mol. The maximum atomic E-state index is 6.65. The summed E-state index contributed by atoms with van der Waals surface area (Å²) >= 11 is 0. The Balaban J connectivity index is 1.24. The van der Waals surface area contributed by atoms with E-state index < -0.39 is 0 Å². The van der Waals surface area contributed by atoms with Gasteiger partial charge in [-0.1, -0.05) is 90.0 Å². The minimum absolute atomic E-state index is 0.0153. The highest BCUT2D eigenvalue weighted by atomic mass is 16.5. The van der Waals surface area contributed by atoms with Gasteiger partial charge >= 0.3 is 0 Å². The SMILES string of the molecule is Cc1ccc(C2=CC3Oc4cc5c6c(cccc6c4C3C=C2)Oc2cc(-c3ccc(C)cc3)ccc2-5)cc1. The Morgan fingerprint density at radius 1 is 0.632 bits per heavy atom. The highest BCUT2D eigenvalue weighted by Gasteiger charge is 2.37. The maximum Gasteiger partial charge on any atom is 0.135 e. The van der Waals surface area contributed by atoms with Crippen molar-refractivity contribution in [3.8, 4) is 39.5 Å². The van der Waals surface area contributed by atoms with Gasteiger partial charge in [0, 0.05) is 28.0 Å². The van der Waals surface area contributed by atoms with E-state index >= 15 is 0 Å². The first-order valence-corrected chi connectivity index (χ1v) is 13.2. The summed E-state index contributed by atoms with van der Waals surface area (Å²) in [7, 11) is 0. The van der Waals surface area contributed by atoms with Crippen LogP contribution >= 0.6 is 0 Å². The number of fused-ring (bicyclic) bond motifs is 6. The van der Waals surface area contributed by atoms with Crippen LogP contribution in [0.4, 0.5) is 0 Å². The van der Waals surface area contributed by atoms with E-state index in [0.717, 1.165) is 28.4 Å². The minimum atomic E-state index is -0.0153. The van der Waals surface area contributed by atoms with E-state index in [2.05, 4.69) is 123 Å². The Labute approximate surface area is 222 Å². The number of hydrogen-bond donors (Lipinski definition) is 0. The van der Waals surface area contributed by atoms with Crippen LogP contribution in [-0.2, 0) is 0 Å². The third kappa shape index (κ3) is 3.20. The molecule has 38 heavy (non-hydrogen) atoms. The van der Waals surface area contributed by atoms with Crippen molar-refractivity contribution in [1.29, 1.82) is 0 Å². The van der Waals surface area contributed by atoms with Crippen LogP contribution in [0.25, 0.3) is 38.6 Å². The third-order valence-electron chi connectivity index (χ3n) is 8.17. The number of rotatable bonds is 2. The van der Waals surface area contributed by atoms with Crippen molar-refractivity contribution >= 4 is 16.3 Å². The molecule has 0 bridgehead atoms. The van der Waals surface area contributed by atoms with Gasteiger partial charge in [0.1, 0.15) is 23.4 Å². The third-order valence-corrected chi connectivity index (χ3v) is 8.17. The topological polar surface area (TPSA) is 18.5 Å². The molecule has 0 N–H and O–H groups in total. The van der Waals surface area contributed by atoms with E-state index in [1.807, 2.05) is 0 Å². The first-order valence-electron chi connectivity index (χ1n) is 13.2. The summed E-state index contributed by atoms with van der Waals surface area (Å²) in [6.45, 7) is 4.24. The molecule has 0 saturated carbocycles. The summed E-state index contributed by atoms with van der Waals surface area (Å²) < 4.78 is 13.2. The zero-order valence-electron chi connectivity index (χ0n) is 21.4. The Morgan fingerprint density at radius 2 is 1.37 bits per heavy atom. The predicted octanol–water partition coefficient (Wildman–Crippen LogP) is 9.39. The van der Waals surface area contributed by atoms with Crippen LogP contribution in [0.15, 0.2) is 109 Å². The Morgan fingerprint density at radius 3 is 2.16 bits per heavy atom. The number of ether oxygens (including phenoxy) is 2. The van der Waals surface area contributed by atoms with Crippen molar-refractivity contribution in [3.63, 3.8) is 0 Å². The van der Waals surface area contributed by atoms with Crippen molar-refractivity contribution in [3.05, 3.63) is 131 Å². The average molecular weight is 491 g/mol. The van der Waals surface area contributed by atoms with E-state index in [1.54, 1.807) is 0 Å². The van der Waals surface area contributed by atoms with Crippen LogP contribution in [0.1, 0.15) is 28.2 Å². The molecule has 2 heteroatoms. The molecule has 5 aromatic rings. The molecule has 3 aliphatic rings. The quantitative estimate of drug-likeness (QED) is 0.241. The lowest BCUT2D eigenvalue weighted by Gasteiger charge is -2.24. The first-order chi connectivity index (χ1) is 18.6. The zero-order chi connectivity index (χ0) is 25.4. The van der Waals surface area contributed by atoms with E-state index in [-0.39, 0.29) is 12.0 Å². The average Bonchev–Trinajstić information content (AvgIpc) is 3.31. The fraction of sp³-hybridized carbons (Fsp3) is 0.111. The van der Waals surface area contributed by atoms with Crippen molar-refractivity contribution in [1.82, 2.24) is 0 Å². The first kappa shape index (κ1) is 21.5. The molecule has 2 atom stereocenters. The lowest BCUT2D eigenvalue weighted by atomic mass is 9.83. The number of benzene rings is 5. The molecule has 0 aromatic heterocycles. The highest BCUT2D eigenvalue weighted by Crippen LogP contribution is 2.54. The van der Waals surface area contributed by atoms with Gasteiger partial charge in [-0.25, -0.2) is 0 Å². The molecule has 0 radical (unpaired) electrons. The summed E-state index contributed by atoms with van der Waals surface area (Å²) in [6, 6.07) is 32.5. The van der Waals surface area contributed by atoms with Gasteiger partial charge in [0.25, 0.3) is 0 Å². The Kier molecular flexibility index (Phi) is 4.51. The van der Waals surface area contributed by atoms with Crippen LogP contribution in [0.5, 0.6) is 17.2 Å². The van der Waals surface area contributed by atoms with Gasteiger partial charge in [0.15, 0.2) is 0 Å². The van der Waals surface area contributed by atoms with Crippen molar-refractivity contribution in [2.24, 2.45) is 0 Å². The van der Waals surface area contributed by atoms with E-state index in [4.69, 9.17) is 9.47 Å². The van der Waals surface area contributed by atoms with Crippen molar-refractivity contribution < 1.29 is 9.47 Å². The second-order valence-electron chi connectivity index (χ2n) is 10.6. The second kappa shape index (κ2) is 7.97. The molecule has 1 aliphatic carbocycles. The molecule has 2 nitrogen and oxygen atoms in total. The van der Waals surface area contributed by atoms with Gasteiger partial charge in [-0.2, -0.15) is 0 Å². The van der Waals surface area contributed by atoms with E-state index in [1.165, 1.54) is 49.7 Å². The van der Waals surface area contributed by atoms with Gasteiger partial charge in [0.05, 0.1) is 0 Å². The van der Waals surface area contributed by atoms with Crippen LogP contribution in [0.3, 0.4) is 0 Å². The van der Waals surface area contributed by atoms with Gasteiger partial charge in [-0.3, -0.25) is 0 Å². The van der Waals surface area contributed by atoms with Gasteiger partial charge in [-0.05, 0) is 71.8 Å². The summed E-state index contributed by atoms with van der Waals surface area (Å²) in [6.07, 6.45) is 6.82. The molecule has 182 valence electrons. The zero-order valence-corrected chi connectivity index (χ0v) is 21.4. The van der Waals surface area contributed by atoms with Crippen LogP contribution in [0, 0.1) is 13.8 Å². The van der Waals surface area contributed by atoms with Crippen LogP contribution in [-0.4, -0.2) is 6.10 Å². The maximum absolute atomic E-state index is 6.65. The fourth-order valence-electron chi connectivity index (χ4n) is 6.17. The standard InChI is InChI=1S/C36H26O2/c1-21-6-10-23(11-7-21)25-14-16-27-30-20-34-35(29-4-3-5-31(36(29)30)37-32(27)18-25)28-17-15-26(19-33(28)38-34)24-12-8-22(2)9-13-24/h3-20,28,33H,1-2H3. The van der Waals surface area contributed by atoms with Crippen LogP contribution in [0.2, 0.25) is 0 Å². The summed E-state index contributed by atoms with van der Waals surface area (Å²) in [5.74, 6) is 2.96. The molecule has 5 aromatic carbocycles. The fourth-order valence-corrected chi connectivity index (χ4v) is 6.17. The largest absolute Gasteiger partial charge is 0.485 e. The Hall–Kier alpha value is -4.56. The van der Waals surface area contributed by atoms with Crippen molar-refractivity contribution in [2.75, 3.05) is 0 Å². The van der Waals surface area contributed by atoms with Gasteiger partial charge in [-0.15, -0.1) is 0 Å². The molecule has 0 fully saturated rings. The molecule has 2 aliphatic heterocycles. The molecule has 2 unspecified atom stereocenters. The van der Waals surface area contributed by atoms with Crippen molar-refractivity contribution in [2.45, 2.75) is 25.9 Å². The molecule has 0 spiro atoms. The summed E-state index contributed by atoms with van der Waals surface area (Å²) in [5.41, 5.74) is 10.9. The summed E-state index contributed by atoms with van der Waals surface area (Å²) in [4.78, 5) is 0. The lowest BCUT2D eigenvalue weighted by Crippen LogP contribution is -2.17. The molecular formula is C36H26O2. The lowest BCUT2D eigenvalue weighted by molar-refractivity contribution is 0.270. The molecule has 8 rings (SSSR count). The van der Waals surface area contributed by atoms with Gasteiger partial charge < -0.3 is 9.47 Å². The number of aryl methyl sites for hydroxylation is 2. The van der Waals surface area contributed by atoms with Crippen LogP contribution < -0.4 is 9.47 Å². The monoisotopic (exact) mass is 490 g/mol. The van der Waals surface area contributed by atoms with E-state index in [9.17, 15) is 0 Å². The molecule has 0 saturated heterocycles. The second-order valence-corrected chi connectivity index (χ2v) is 10.6. The minimum Gasteiger partial charge on any atom is -0.485 e. The number of allylic oxidation sites excluding steroid dienone is 2. The highest BCUT2D eigenvalue weighted by molar-refractivity contribution is 6.07. The normalized spacial score (nSPS) is 18.2.